The smallest absolute Gasteiger partial charge is 0.0750 e. The molecule has 0 unspecified atom stereocenters. The van der Waals surface area contributed by atoms with Crippen LogP contribution in [0, 0.1) is 6.92 Å². The summed E-state index contributed by atoms with van der Waals surface area (Å²) in [6.45, 7) is 10.7. The number of nitrogens with zero attached hydrogens (tertiary/aromatic N) is 1. The highest BCUT2D eigenvalue weighted by atomic mass is 16.5. The lowest BCUT2D eigenvalue weighted by Crippen LogP contribution is -2.37. The molecule has 0 radical (unpaired) electrons. The summed E-state index contributed by atoms with van der Waals surface area (Å²) in [7, 11) is 0. The summed E-state index contributed by atoms with van der Waals surface area (Å²) in [5.41, 5.74) is 3.28. The molecule has 3 nitrogen and oxygen atoms in total. The number of nitrogens with one attached hydrogen (secondary N) is 1. The number of hydrogen-bond donors (Lipinski definition) is 1. The summed E-state index contributed by atoms with van der Waals surface area (Å²) in [6, 6.07) is 10.4. The van der Waals surface area contributed by atoms with Crippen molar-refractivity contribution >= 4 is 10.9 Å². The van der Waals surface area contributed by atoms with Gasteiger partial charge in [-0.3, -0.25) is 4.98 Å². The van der Waals surface area contributed by atoms with E-state index in [0.29, 0.717) is 0 Å². The lowest BCUT2D eigenvalue weighted by Gasteiger charge is -2.25. The minimum absolute atomic E-state index is 0.132. The van der Waals surface area contributed by atoms with Crippen LogP contribution in [0.3, 0.4) is 0 Å². The van der Waals surface area contributed by atoms with Crippen molar-refractivity contribution in [3.05, 3.63) is 41.6 Å². The molecule has 0 fully saturated rings. The van der Waals surface area contributed by atoms with Crippen molar-refractivity contribution in [1.82, 2.24) is 10.3 Å². The third-order valence-electron chi connectivity index (χ3n) is 3.33. The van der Waals surface area contributed by atoms with Gasteiger partial charge in [-0.2, -0.15) is 0 Å². The zero-order valence-corrected chi connectivity index (χ0v) is 12.9. The summed E-state index contributed by atoms with van der Waals surface area (Å²) >= 11 is 0. The van der Waals surface area contributed by atoms with Crippen LogP contribution in [-0.2, 0) is 11.3 Å². The van der Waals surface area contributed by atoms with Gasteiger partial charge in [-0.1, -0.05) is 18.2 Å². The Balaban J connectivity index is 2.10. The minimum atomic E-state index is -0.132. The van der Waals surface area contributed by atoms with Gasteiger partial charge in [0.25, 0.3) is 0 Å². The van der Waals surface area contributed by atoms with E-state index in [1.807, 2.05) is 19.9 Å². The average Bonchev–Trinajstić information content (AvgIpc) is 2.38. The number of aromatic nitrogens is 1. The van der Waals surface area contributed by atoms with E-state index in [-0.39, 0.29) is 5.60 Å². The quantitative estimate of drug-likeness (QED) is 0.874. The van der Waals surface area contributed by atoms with E-state index in [2.05, 4.69) is 48.4 Å². The molecule has 3 heteroatoms. The van der Waals surface area contributed by atoms with E-state index in [4.69, 9.17) is 4.74 Å². The molecule has 0 saturated heterocycles. The van der Waals surface area contributed by atoms with Crippen LogP contribution >= 0.6 is 0 Å². The standard InChI is InChI=1S/C17H24N2O/c1-5-20-17(3,4)12-18-11-14-10-13(2)19-16-9-7-6-8-15(14)16/h6-10,18H,5,11-12H2,1-4H3. The van der Waals surface area contributed by atoms with Crippen molar-refractivity contribution in [2.24, 2.45) is 0 Å². The molecule has 0 aliphatic carbocycles. The molecule has 0 saturated carbocycles. The Hall–Kier alpha value is -1.45. The monoisotopic (exact) mass is 272 g/mol. The Labute approximate surface area is 121 Å². The number of rotatable bonds is 6. The van der Waals surface area contributed by atoms with Crippen LogP contribution in [0.5, 0.6) is 0 Å². The Kier molecular flexibility index (Phi) is 4.73. The van der Waals surface area contributed by atoms with Crippen molar-refractivity contribution in [2.45, 2.75) is 39.8 Å². The van der Waals surface area contributed by atoms with Gasteiger partial charge in [-0.05, 0) is 45.4 Å². The zero-order valence-electron chi connectivity index (χ0n) is 12.9. The highest BCUT2D eigenvalue weighted by Crippen LogP contribution is 2.18. The summed E-state index contributed by atoms with van der Waals surface area (Å²) in [4.78, 5) is 4.57. The lowest BCUT2D eigenvalue weighted by atomic mass is 10.1. The molecule has 0 bridgehead atoms. The van der Waals surface area contributed by atoms with E-state index >= 15 is 0 Å². The van der Waals surface area contributed by atoms with Crippen LogP contribution in [0.2, 0.25) is 0 Å². The molecule has 2 rings (SSSR count). The highest BCUT2D eigenvalue weighted by molar-refractivity contribution is 5.82. The second-order valence-corrected chi connectivity index (χ2v) is 5.74. The maximum Gasteiger partial charge on any atom is 0.0750 e. The van der Waals surface area contributed by atoms with Crippen LogP contribution in [-0.4, -0.2) is 23.7 Å². The number of fused-ring (bicyclic) bond motifs is 1. The first kappa shape index (κ1) is 14.9. The summed E-state index contributed by atoms with van der Waals surface area (Å²) < 4.78 is 5.70. The van der Waals surface area contributed by atoms with Crippen LogP contribution in [0.15, 0.2) is 30.3 Å². The van der Waals surface area contributed by atoms with Crippen LogP contribution < -0.4 is 5.32 Å². The van der Waals surface area contributed by atoms with Gasteiger partial charge in [-0.15, -0.1) is 0 Å². The lowest BCUT2D eigenvalue weighted by molar-refractivity contribution is -0.00896. The van der Waals surface area contributed by atoms with Gasteiger partial charge in [0.2, 0.25) is 0 Å². The van der Waals surface area contributed by atoms with Gasteiger partial charge in [0.1, 0.15) is 0 Å². The zero-order chi connectivity index (χ0) is 14.6. The van der Waals surface area contributed by atoms with Gasteiger partial charge in [0.15, 0.2) is 0 Å². The topological polar surface area (TPSA) is 34.1 Å². The molecule has 1 N–H and O–H groups in total. The van der Waals surface area contributed by atoms with Gasteiger partial charge in [-0.25, -0.2) is 0 Å². The molecule has 1 aromatic carbocycles. The molecule has 0 aliphatic rings. The minimum Gasteiger partial charge on any atom is -0.375 e. The molecule has 0 amide bonds. The third-order valence-corrected chi connectivity index (χ3v) is 3.33. The van der Waals surface area contributed by atoms with Crippen molar-refractivity contribution in [1.29, 1.82) is 0 Å². The number of para-hydroxylation sites is 1. The van der Waals surface area contributed by atoms with Crippen molar-refractivity contribution in [3.63, 3.8) is 0 Å². The predicted molar refractivity (Wildman–Crippen MR) is 83.9 cm³/mol. The Bertz CT molecular complexity index is 578. The van der Waals surface area contributed by atoms with E-state index in [1.165, 1.54) is 10.9 Å². The number of hydrogen-bond acceptors (Lipinski definition) is 3. The largest absolute Gasteiger partial charge is 0.375 e. The first-order valence-corrected chi connectivity index (χ1v) is 7.22. The van der Waals surface area contributed by atoms with Gasteiger partial charge in [0.05, 0.1) is 11.1 Å². The molecule has 1 aromatic heterocycles. The normalized spacial score (nSPS) is 12.0. The SMILES string of the molecule is CCOC(C)(C)CNCc1cc(C)nc2ccccc12. The first-order valence-electron chi connectivity index (χ1n) is 7.22. The molecule has 20 heavy (non-hydrogen) atoms. The van der Waals surface area contributed by atoms with E-state index < -0.39 is 0 Å². The second kappa shape index (κ2) is 6.33. The van der Waals surface area contributed by atoms with Gasteiger partial charge in [0, 0.05) is 30.8 Å². The van der Waals surface area contributed by atoms with Crippen molar-refractivity contribution < 1.29 is 4.74 Å². The van der Waals surface area contributed by atoms with Crippen LogP contribution in [0.1, 0.15) is 32.0 Å². The summed E-state index contributed by atoms with van der Waals surface area (Å²) in [5.74, 6) is 0. The Morgan fingerprint density at radius 2 is 2.00 bits per heavy atom. The average molecular weight is 272 g/mol. The Morgan fingerprint density at radius 1 is 1.25 bits per heavy atom. The molecule has 0 atom stereocenters. The fourth-order valence-corrected chi connectivity index (χ4v) is 2.48. The Morgan fingerprint density at radius 3 is 2.75 bits per heavy atom. The molecule has 0 aliphatic heterocycles. The van der Waals surface area contributed by atoms with E-state index in [9.17, 15) is 0 Å². The molecule has 108 valence electrons. The first-order chi connectivity index (χ1) is 9.52. The van der Waals surface area contributed by atoms with Crippen LogP contribution in [0.25, 0.3) is 10.9 Å². The van der Waals surface area contributed by atoms with Crippen molar-refractivity contribution in [2.75, 3.05) is 13.2 Å². The molecule has 0 spiro atoms. The third kappa shape index (κ3) is 3.78. The molecule has 2 aromatic rings. The second-order valence-electron chi connectivity index (χ2n) is 5.74. The van der Waals surface area contributed by atoms with Gasteiger partial charge < -0.3 is 10.1 Å². The fourth-order valence-electron chi connectivity index (χ4n) is 2.48. The summed E-state index contributed by atoms with van der Waals surface area (Å²) in [6.07, 6.45) is 0. The van der Waals surface area contributed by atoms with E-state index in [0.717, 1.165) is 30.9 Å². The van der Waals surface area contributed by atoms with Gasteiger partial charge >= 0.3 is 0 Å². The van der Waals surface area contributed by atoms with Crippen molar-refractivity contribution in [3.8, 4) is 0 Å². The van der Waals surface area contributed by atoms with Crippen LogP contribution in [0.4, 0.5) is 0 Å². The number of aryl methyl sites for hydroxylation is 1. The maximum atomic E-state index is 5.70. The molecule has 1 heterocycles. The molecular weight excluding hydrogens is 248 g/mol. The number of ether oxygens (including phenoxy) is 1. The van der Waals surface area contributed by atoms with E-state index in [1.54, 1.807) is 0 Å². The molecular formula is C17H24N2O. The fraction of sp³-hybridized carbons (Fsp3) is 0.471. The summed E-state index contributed by atoms with van der Waals surface area (Å²) in [5, 5.41) is 4.72. The number of benzene rings is 1. The predicted octanol–water partition coefficient (Wildman–Crippen LogP) is 3.45. The number of pyridine rings is 1. The highest BCUT2D eigenvalue weighted by Gasteiger charge is 2.16. The maximum absolute atomic E-state index is 5.70.